The van der Waals surface area contributed by atoms with Gasteiger partial charge in [-0.3, -0.25) is 9.59 Å². The number of hydrogen-bond acceptors (Lipinski definition) is 2. The van der Waals surface area contributed by atoms with E-state index in [0.29, 0.717) is 0 Å². The lowest BCUT2D eigenvalue weighted by atomic mass is 9.99. The Kier molecular flexibility index (Phi) is 15.2. The summed E-state index contributed by atoms with van der Waals surface area (Å²) in [6.45, 7) is 8.08. The van der Waals surface area contributed by atoms with Crippen LogP contribution in [0.3, 0.4) is 0 Å². The summed E-state index contributed by atoms with van der Waals surface area (Å²) in [7, 11) is 0. The maximum atomic E-state index is 10.5. The topological polar surface area (TPSA) is 74.6 Å². The third-order valence-electron chi connectivity index (χ3n) is 3.25. The van der Waals surface area contributed by atoms with Crippen LogP contribution in [0, 0.1) is 11.8 Å². The van der Waals surface area contributed by atoms with Gasteiger partial charge in [0.05, 0.1) is 11.8 Å². The fourth-order valence-corrected chi connectivity index (χ4v) is 2.18. The van der Waals surface area contributed by atoms with Gasteiger partial charge < -0.3 is 10.2 Å². The molecule has 0 aliphatic heterocycles. The van der Waals surface area contributed by atoms with Crippen molar-refractivity contribution in [3.63, 3.8) is 0 Å². The summed E-state index contributed by atoms with van der Waals surface area (Å²) >= 11 is 0. The molecule has 0 fully saturated rings. The Labute approximate surface area is 123 Å². The van der Waals surface area contributed by atoms with E-state index in [9.17, 15) is 9.59 Å². The number of rotatable bonds is 10. The molecule has 0 spiro atoms. The van der Waals surface area contributed by atoms with Gasteiger partial charge in [-0.2, -0.15) is 0 Å². The molecule has 20 heavy (non-hydrogen) atoms. The fourth-order valence-electron chi connectivity index (χ4n) is 2.18. The Hall–Kier alpha value is -1.06. The van der Waals surface area contributed by atoms with Crippen molar-refractivity contribution in [1.82, 2.24) is 0 Å². The summed E-state index contributed by atoms with van der Waals surface area (Å²) in [6.07, 6.45) is 7.17. The lowest BCUT2D eigenvalue weighted by Crippen LogP contribution is -2.12. The Balaban J connectivity index is 0. The van der Waals surface area contributed by atoms with Gasteiger partial charge in [-0.25, -0.2) is 0 Å². The minimum atomic E-state index is -0.635. The lowest BCUT2D eigenvalue weighted by Gasteiger charge is -2.07. The van der Waals surface area contributed by atoms with Crippen molar-refractivity contribution >= 4 is 11.9 Å². The highest BCUT2D eigenvalue weighted by Crippen LogP contribution is 2.13. The zero-order valence-corrected chi connectivity index (χ0v) is 13.5. The second-order valence-electron chi connectivity index (χ2n) is 5.23. The zero-order chi connectivity index (χ0) is 16.0. The summed E-state index contributed by atoms with van der Waals surface area (Å²) in [5.41, 5.74) is 0. The van der Waals surface area contributed by atoms with Crippen LogP contribution < -0.4 is 0 Å². The van der Waals surface area contributed by atoms with Gasteiger partial charge in [0.15, 0.2) is 0 Å². The Morgan fingerprint density at radius 1 is 0.650 bits per heavy atom. The highest BCUT2D eigenvalue weighted by atomic mass is 16.4. The van der Waals surface area contributed by atoms with E-state index < -0.39 is 11.9 Å². The first-order valence-electron chi connectivity index (χ1n) is 7.89. The van der Waals surface area contributed by atoms with Crippen molar-refractivity contribution in [2.75, 3.05) is 0 Å². The van der Waals surface area contributed by atoms with Crippen LogP contribution in [0.25, 0.3) is 0 Å². The van der Waals surface area contributed by atoms with E-state index in [4.69, 9.17) is 10.2 Å². The molecular formula is C16H32O4. The van der Waals surface area contributed by atoms with Gasteiger partial charge in [0.1, 0.15) is 0 Å². The minimum absolute atomic E-state index is 0.102. The number of aliphatic carboxylic acids is 2. The number of carbonyl (C=O) groups is 2. The largest absolute Gasteiger partial charge is 0.481 e. The molecular weight excluding hydrogens is 256 g/mol. The van der Waals surface area contributed by atoms with Crippen LogP contribution in [0.2, 0.25) is 0 Å². The summed E-state index contributed by atoms with van der Waals surface area (Å²) < 4.78 is 0. The van der Waals surface area contributed by atoms with E-state index in [2.05, 4.69) is 0 Å². The van der Waals surface area contributed by atoms with Gasteiger partial charge in [-0.05, 0) is 25.7 Å². The Morgan fingerprint density at radius 2 is 0.850 bits per heavy atom. The molecule has 0 aliphatic rings. The third-order valence-corrected chi connectivity index (χ3v) is 3.25. The average molecular weight is 288 g/mol. The molecule has 0 amide bonds. The van der Waals surface area contributed by atoms with E-state index in [0.717, 1.165) is 51.4 Å². The first kappa shape index (κ1) is 21.2. The zero-order valence-electron chi connectivity index (χ0n) is 13.5. The molecule has 0 radical (unpaired) electrons. The van der Waals surface area contributed by atoms with E-state index in [-0.39, 0.29) is 11.8 Å². The van der Waals surface area contributed by atoms with Crippen LogP contribution in [0.4, 0.5) is 0 Å². The van der Waals surface area contributed by atoms with E-state index in [1.165, 1.54) is 0 Å². The molecule has 0 aromatic rings. The van der Waals surface area contributed by atoms with Gasteiger partial charge in [0.25, 0.3) is 0 Å². The predicted molar refractivity (Wildman–Crippen MR) is 81.9 cm³/mol. The van der Waals surface area contributed by atoms with Crippen LogP contribution in [0.5, 0.6) is 0 Å². The van der Waals surface area contributed by atoms with Gasteiger partial charge in [0, 0.05) is 0 Å². The molecule has 0 bridgehead atoms. The molecule has 4 nitrogen and oxygen atoms in total. The molecule has 0 aromatic carbocycles. The van der Waals surface area contributed by atoms with Crippen molar-refractivity contribution in [2.24, 2.45) is 11.8 Å². The van der Waals surface area contributed by atoms with Crippen LogP contribution in [-0.2, 0) is 9.59 Å². The number of carboxylic acid groups (broad SMARTS) is 2. The van der Waals surface area contributed by atoms with Crippen molar-refractivity contribution < 1.29 is 19.8 Å². The minimum Gasteiger partial charge on any atom is -0.481 e. The highest BCUT2D eigenvalue weighted by Gasteiger charge is 2.14. The van der Waals surface area contributed by atoms with Gasteiger partial charge in [-0.1, -0.05) is 53.4 Å². The van der Waals surface area contributed by atoms with Gasteiger partial charge in [0.2, 0.25) is 0 Å². The Bertz CT molecular complexity index is 213. The summed E-state index contributed by atoms with van der Waals surface area (Å²) in [4.78, 5) is 21.0. The van der Waals surface area contributed by atoms with Crippen LogP contribution in [0.1, 0.15) is 79.1 Å². The molecule has 0 aromatic heterocycles. The summed E-state index contributed by atoms with van der Waals surface area (Å²) in [6, 6.07) is 0. The van der Waals surface area contributed by atoms with Crippen LogP contribution >= 0.6 is 0 Å². The maximum absolute atomic E-state index is 10.5. The summed E-state index contributed by atoms with van der Waals surface area (Å²) in [5, 5.41) is 17.3. The van der Waals surface area contributed by atoms with Gasteiger partial charge >= 0.3 is 11.9 Å². The smallest absolute Gasteiger partial charge is 0.306 e. The molecule has 120 valence electrons. The molecule has 4 heteroatoms. The highest BCUT2D eigenvalue weighted by molar-refractivity contribution is 5.70. The first-order chi connectivity index (χ1) is 9.44. The Morgan fingerprint density at radius 3 is 0.950 bits per heavy atom. The lowest BCUT2D eigenvalue weighted by molar-refractivity contribution is -0.143. The average Bonchev–Trinajstić information content (AvgIpc) is 2.38. The van der Waals surface area contributed by atoms with E-state index >= 15 is 0 Å². The molecule has 0 rings (SSSR count). The van der Waals surface area contributed by atoms with Crippen LogP contribution in [0.15, 0.2) is 0 Å². The monoisotopic (exact) mass is 288 g/mol. The predicted octanol–water partition coefficient (Wildman–Crippen LogP) is 4.57. The second-order valence-corrected chi connectivity index (χ2v) is 5.23. The quantitative estimate of drug-likeness (QED) is 0.617. The van der Waals surface area contributed by atoms with E-state index in [1.54, 1.807) is 0 Å². The maximum Gasteiger partial charge on any atom is 0.306 e. The molecule has 0 heterocycles. The number of carboxylic acids is 2. The number of hydrogen-bond donors (Lipinski definition) is 2. The van der Waals surface area contributed by atoms with Crippen molar-refractivity contribution in [1.29, 1.82) is 0 Å². The molecule has 2 N–H and O–H groups in total. The van der Waals surface area contributed by atoms with Gasteiger partial charge in [-0.15, -0.1) is 0 Å². The third kappa shape index (κ3) is 12.0. The molecule has 0 aliphatic carbocycles. The first-order valence-corrected chi connectivity index (χ1v) is 7.89. The van der Waals surface area contributed by atoms with Crippen LogP contribution in [-0.4, -0.2) is 22.2 Å². The van der Waals surface area contributed by atoms with Crippen molar-refractivity contribution in [3.05, 3.63) is 0 Å². The molecule has 0 saturated carbocycles. The normalized spacial score (nSPS) is 10.3. The standard InChI is InChI=1S/2C8H16O2/c2*1-3-5-7(6-4-2)8(9)10/h2*7H,3-6H2,1-2H3,(H,9,10). The molecule has 0 unspecified atom stereocenters. The van der Waals surface area contributed by atoms with E-state index in [1.807, 2.05) is 27.7 Å². The van der Waals surface area contributed by atoms with Crippen molar-refractivity contribution in [3.8, 4) is 0 Å². The second kappa shape index (κ2) is 14.4. The molecule has 0 saturated heterocycles. The SMILES string of the molecule is CCCC(CCC)C(=O)O.CCCC(CCC)C(=O)O. The van der Waals surface area contributed by atoms with Crippen molar-refractivity contribution in [2.45, 2.75) is 79.1 Å². The summed E-state index contributed by atoms with van der Waals surface area (Å²) in [5.74, 6) is -1.47. The molecule has 0 atom stereocenters. The fraction of sp³-hybridized carbons (Fsp3) is 0.875.